The quantitative estimate of drug-likeness (QED) is 0.827. The van der Waals surface area contributed by atoms with Crippen LogP contribution in [-0.2, 0) is 22.3 Å². The summed E-state index contributed by atoms with van der Waals surface area (Å²) in [6.07, 6.45) is -3.75. The first kappa shape index (κ1) is 18.2. The number of hydrogen-bond donors (Lipinski definition) is 2. The molecule has 2 amide bonds. The third kappa shape index (κ3) is 4.93. The lowest BCUT2D eigenvalue weighted by Gasteiger charge is -2.10. The molecule has 0 unspecified atom stereocenters. The molecule has 0 fully saturated rings. The predicted molar refractivity (Wildman–Crippen MR) is 82.7 cm³/mol. The van der Waals surface area contributed by atoms with Crippen molar-refractivity contribution in [2.24, 2.45) is 0 Å². The number of methoxy groups -OCH3 is 1. The van der Waals surface area contributed by atoms with Gasteiger partial charge in [0.15, 0.2) is 0 Å². The number of rotatable bonds is 4. The van der Waals surface area contributed by atoms with Crippen LogP contribution in [-0.4, -0.2) is 23.9 Å². The second-order valence-electron chi connectivity index (χ2n) is 4.88. The molecule has 132 valence electrons. The van der Waals surface area contributed by atoms with Gasteiger partial charge in [-0.05, 0) is 18.2 Å². The van der Waals surface area contributed by atoms with Crippen LogP contribution in [0.3, 0.4) is 0 Å². The number of para-hydroxylation sites is 1. The van der Waals surface area contributed by atoms with Gasteiger partial charge in [-0.2, -0.15) is 13.2 Å². The molecule has 2 aromatic rings. The summed E-state index contributed by atoms with van der Waals surface area (Å²) >= 11 is 0. The van der Waals surface area contributed by atoms with Gasteiger partial charge in [0.1, 0.15) is 11.4 Å². The summed E-state index contributed by atoms with van der Waals surface area (Å²) in [5.74, 6) is -1.41. The van der Waals surface area contributed by atoms with Crippen molar-refractivity contribution in [1.29, 1.82) is 0 Å². The van der Waals surface area contributed by atoms with Gasteiger partial charge in [0.2, 0.25) is 0 Å². The molecule has 1 aromatic heterocycles. The number of alkyl halides is 3. The van der Waals surface area contributed by atoms with Gasteiger partial charge in [-0.1, -0.05) is 18.2 Å². The highest BCUT2D eigenvalue weighted by Crippen LogP contribution is 2.27. The summed E-state index contributed by atoms with van der Waals surface area (Å²) in [5.41, 5.74) is -0.445. The molecule has 6 nitrogen and oxygen atoms in total. The molecule has 0 aliphatic rings. The molecule has 1 aromatic carbocycles. The number of halogens is 3. The summed E-state index contributed by atoms with van der Waals surface area (Å²) < 4.78 is 42.3. The van der Waals surface area contributed by atoms with E-state index < -0.39 is 23.7 Å². The Labute approximate surface area is 141 Å². The highest BCUT2D eigenvalue weighted by Gasteiger charge is 2.32. The second kappa shape index (κ2) is 7.65. The fraction of sp³-hybridized carbons (Fsp3) is 0.188. The van der Waals surface area contributed by atoms with Crippen molar-refractivity contribution in [2.45, 2.75) is 12.7 Å². The number of benzene rings is 1. The van der Waals surface area contributed by atoms with Crippen molar-refractivity contribution in [3.63, 3.8) is 0 Å². The smallest absolute Gasteiger partial charge is 0.433 e. The van der Waals surface area contributed by atoms with Gasteiger partial charge in [-0.25, -0.2) is 4.98 Å². The van der Waals surface area contributed by atoms with E-state index in [0.717, 1.165) is 12.3 Å². The lowest BCUT2D eigenvalue weighted by atomic mass is 10.2. The zero-order chi connectivity index (χ0) is 18.4. The van der Waals surface area contributed by atoms with E-state index >= 15 is 0 Å². The molecule has 0 saturated carbocycles. The zero-order valence-electron chi connectivity index (χ0n) is 13.1. The topological polar surface area (TPSA) is 80.3 Å². The number of ether oxygens (including phenoxy) is 1. The number of pyridine rings is 1. The van der Waals surface area contributed by atoms with E-state index in [4.69, 9.17) is 4.74 Å². The highest BCUT2D eigenvalue weighted by atomic mass is 19.4. The van der Waals surface area contributed by atoms with Crippen molar-refractivity contribution in [2.75, 3.05) is 12.4 Å². The number of nitrogens with zero attached hydrogens (tertiary/aromatic N) is 1. The first-order chi connectivity index (χ1) is 11.8. The number of aromatic nitrogens is 1. The summed E-state index contributed by atoms with van der Waals surface area (Å²) in [6.45, 7) is 0.0571. The van der Waals surface area contributed by atoms with Crippen LogP contribution >= 0.6 is 0 Å². The van der Waals surface area contributed by atoms with Crippen molar-refractivity contribution < 1.29 is 27.5 Å². The van der Waals surface area contributed by atoms with Crippen LogP contribution in [0.25, 0.3) is 0 Å². The first-order valence-electron chi connectivity index (χ1n) is 7.05. The molecule has 0 spiro atoms. The summed E-state index contributed by atoms with van der Waals surface area (Å²) in [4.78, 5) is 26.7. The average Bonchev–Trinajstić information content (AvgIpc) is 2.59. The van der Waals surface area contributed by atoms with Gasteiger partial charge >= 0.3 is 18.0 Å². The number of amides is 2. The molecular weight excluding hydrogens is 339 g/mol. The number of hydrogen-bond acceptors (Lipinski definition) is 4. The fourth-order valence-corrected chi connectivity index (χ4v) is 1.93. The molecular formula is C16H14F3N3O3. The molecule has 2 N–H and O–H groups in total. The van der Waals surface area contributed by atoms with Crippen LogP contribution < -0.4 is 15.4 Å². The van der Waals surface area contributed by atoms with E-state index in [9.17, 15) is 22.8 Å². The normalized spacial score (nSPS) is 10.9. The van der Waals surface area contributed by atoms with Crippen LogP contribution in [0.4, 0.5) is 18.9 Å². The van der Waals surface area contributed by atoms with E-state index in [-0.39, 0.29) is 12.2 Å². The minimum atomic E-state index is -4.57. The monoisotopic (exact) mass is 353 g/mol. The number of carbonyl (C=O) groups is 2. The minimum absolute atomic E-state index is 0.0227. The van der Waals surface area contributed by atoms with Crippen LogP contribution in [0.1, 0.15) is 11.3 Å². The Morgan fingerprint density at radius 1 is 1.12 bits per heavy atom. The fourth-order valence-electron chi connectivity index (χ4n) is 1.93. The molecule has 0 atom stereocenters. The molecule has 0 radical (unpaired) electrons. The Morgan fingerprint density at radius 3 is 2.44 bits per heavy atom. The van der Waals surface area contributed by atoms with Crippen molar-refractivity contribution >= 4 is 17.5 Å². The Hall–Kier alpha value is -3.10. The molecule has 9 heteroatoms. The van der Waals surface area contributed by atoms with Crippen molar-refractivity contribution in [3.8, 4) is 5.75 Å². The van der Waals surface area contributed by atoms with E-state index in [0.29, 0.717) is 17.4 Å². The van der Waals surface area contributed by atoms with Gasteiger partial charge in [-0.15, -0.1) is 0 Å². The Bertz CT molecular complexity index is 761. The van der Waals surface area contributed by atoms with Gasteiger partial charge in [-0.3, -0.25) is 9.59 Å². The van der Waals surface area contributed by atoms with Gasteiger partial charge in [0, 0.05) is 12.1 Å². The van der Waals surface area contributed by atoms with E-state index in [1.54, 1.807) is 24.3 Å². The predicted octanol–water partition coefficient (Wildman–Crippen LogP) is 2.36. The largest absolute Gasteiger partial charge is 0.496 e. The number of carbonyl (C=O) groups excluding carboxylic acids is 2. The van der Waals surface area contributed by atoms with E-state index in [2.05, 4.69) is 15.6 Å². The maximum absolute atomic E-state index is 12.4. The highest BCUT2D eigenvalue weighted by molar-refractivity contribution is 6.39. The first-order valence-corrected chi connectivity index (χ1v) is 7.05. The van der Waals surface area contributed by atoms with Crippen molar-refractivity contribution in [1.82, 2.24) is 10.3 Å². The molecule has 0 saturated heterocycles. The SMILES string of the molecule is COc1ccccc1CNC(=O)C(=O)Nc1ccc(C(F)(F)F)nc1. The van der Waals surface area contributed by atoms with Crippen molar-refractivity contribution in [3.05, 3.63) is 53.9 Å². The molecule has 1 heterocycles. The molecule has 2 rings (SSSR count). The van der Waals surface area contributed by atoms with E-state index in [1.807, 2.05) is 0 Å². The number of nitrogens with one attached hydrogen (secondary N) is 2. The van der Waals surface area contributed by atoms with Crippen LogP contribution in [0.2, 0.25) is 0 Å². The van der Waals surface area contributed by atoms with Gasteiger partial charge in [0.25, 0.3) is 0 Å². The average molecular weight is 353 g/mol. The van der Waals surface area contributed by atoms with Crippen LogP contribution in [0.5, 0.6) is 5.75 Å². The van der Waals surface area contributed by atoms with Gasteiger partial charge in [0.05, 0.1) is 19.0 Å². The van der Waals surface area contributed by atoms with Crippen LogP contribution in [0, 0.1) is 0 Å². The molecule has 0 aliphatic heterocycles. The number of anilines is 1. The Kier molecular flexibility index (Phi) is 5.58. The van der Waals surface area contributed by atoms with Gasteiger partial charge < -0.3 is 15.4 Å². The van der Waals surface area contributed by atoms with E-state index in [1.165, 1.54) is 7.11 Å². The third-order valence-corrected chi connectivity index (χ3v) is 3.15. The third-order valence-electron chi connectivity index (χ3n) is 3.15. The Morgan fingerprint density at radius 2 is 1.84 bits per heavy atom. The molecule has 0 bridgehead atoms. The lowest BCUT2D eigenvalue weighted by molar-refractivity contribution is -0.141. The second-order valence-corrected chi connectivity index (χ2v) is 4.88. The molecule has 25 heavy (non-hydrogen) atoms. The minimum Gasteiger partial charge on any atom is -0.496 e. The summed E-state index contributed by atoms with van der Waals surface area (Å²) in [7, 11) is 1.48. The summed E-state index contributed by atoms with van der Waals surface area (Å²) in [6, 6.07) is 8.65. The Balaban J connectivity index is 1.93. The lowest BCUT2D eigenvalue weighted by Crippen LogP contribution is -2.35. The standard InChI is InChI=1S/C16H14F3N3O3/c1-25-12-5-3-2-4-10(12)8-21-14(23)15(24)22-11-6-7-13(20-9-11)16(17,18)19/h2-7,9H,8H2,1H3,(H,21,23)(H,22,24). The van der Waals surface area contributed by atoms with Crippen LogP contribution in [0.15, 0.2) is 42.6 Å². The molecule has 0 aliphatic carbocycles. The summed E-state index contributed by atoms with van der Waals surface area (Å²) in [5, 5.41) is 4.57. The zero-order valence-corrected chi connectivity index (χ0v) is 13.1. The maximum Gasteiger partial charge on any atom is 0.433 e. The maximum atomic E-state index is 12.4.